The largest absolute Gasteiger partial charge is 0.332 e. The van der Waals surface area contributed by atoms with Gasteiger partial charge in [0.05, 0.1) is 10.6 Å². The summed E-state index contributed by atoms with van der Waals surface area (Å²) in [6, 6.07) is 6.27. The summed E-state index contributed by atoms with van der Waals surface area (Å²) in [4.78, 5) is 36.7. The Kier molecular flexibility index (Phi) is 4.77. The maximum Gasteiger partial charge on any atom is 0.332 e. The van der Waals surface area contributed by atoms with Gasteiger partial charge in [0.1, 0.15) is 5.82 Å². The molecule has 0 bridgehead atoms. The molecule has 6 nitrogen and oxygen atoms in total. The van der Waals surface area contributed by atoms with E-state index in [1.54, 1.807) is 18.2 Å². The highest BCUT2D eigenvalue weighted by Gasteiger charge is 2.14. The Bertz CT molecular complexity index is 857. The number of hydrogen-bond acceptors (Lipinski definition) is 4. The number of halogens is 1. The minimum absolute atomic E-state index is 0.115. The van der Waals surface area contributed by atoms with Crippen LogP contribution in [0.4, 0.5) is 5.82 Å². The highest BCUT2D eigenvalue weighted by molar-refractivity contribution is 7.98. The van der Waals surface area contributed by atoms with Crippen LogP contribution in [0.2, 0.25) is 5.02 Å². The first-order chi connectivity index (χ1) is 10.3. The second kappa shape index (κ2) is 6.41. The van der Waals surface area contributed by atoms with E-state index in [0.717, 1.165) is 9.46 Å². The van der Waals surface area contributed by atoms with Crippen molar-refractivity contribution in [1.82, 2.24) is 9.13 Å². The van der Waals surface area contributed by atoms with E-state index in [9.17, 15) is 14.4 Å². The number of anilines is 1. The highest BCUT2D eigenvalue weighted by atomic mass is 35.5. The molecule has 0 unspecified atom stereocenters. The first-order valence-electron chi connectivity index (χ1n) is 6.27. The summed E-state index contributed by atoms with van der Waals surface area (Å²) in [5.41, 5.74) is -0.740. The molecule has 2 rings (SSSR count). The van der Waals surface area contributed by atoms with Crippen molar-refractivity contribution in [1.29, 1.82) is 0 Å². The lowest BCUT2D eigenvalue weighted by molar-refractivity contribution is 0.102. The SMILES string of the molecule is CSc1ccc(Cl)c(C(=O)Nc2cc(=O)n(C)c(=O)n2C)c1. The Balaban J connectivity index is 2.42. The maximum absolute atomic E-state index is 12.3. The summed E-state index contributed by atoms with van der Waals surface area (Å²) < 4.78 is 2.14. The molecule has 1 N–H and O–H groups in total. The molecule has 0 aliphatic heterocycles. The van der Waals surface area contributed by atoms with Gasteiger partial charge in [-0.2, -0.15) is 0 Å². The number of amides is 1. The number of carbonyl (C=O) groups is 1. The number of carbonyl (C=O) groups excluding carboxylic acids is 1. The monoisotopic (exact) mass is 339 g/mol. The summed E-state index contributed by atoms with van der Waals surface area (Å²) in [7, 11) is 2.84. The van der Waals surface area contributed by atoms with Gasteiger partial charge >= 0.3 is 5.69 Å². The van der Waals surface area contributed by atoms with Crippen LogP contribution in [0.3, 0.4) is 0 Å². The van der Waals surface area contributed by atoms with Crippen LogP contribution in [-0.4, -0.2) is 21.3 Å². The maximum atomic E-state index is 12.3. The van der Waals surface area contributed by atoms with Crippen molar-refractivity contribution in [3.05, 3.63) is 55.7 Å². The fraction of sp³-hybridized carbons (Fsp3) is 0.214. The van der Waals surface area contributed by atoms with Crippen molar-refractivity contribution in [2.75, 3.05) is 11.6 Å². The second-order valence-electron chi connectivity index (χ2n) is 4.57. The fourth-order valence-corrected chi connectivity index (χ4v) is 2.49. The van der Waals surface area contributed by atoms with Crippen LogP contribution in [0, 0.1) is 0 Å². The zero-order chi connectivity index (χ0) is 16.4. The molecule has 22 heavy (non-hydrogen) atoms. The summed E-state index contributed by atoms with van der Waals surface area (Å²) >= 11 is 7.52. The molecule has 1 amide bonds. The van der Waals surface area contributed by atoms with Crippen molar-refractivity contribution in [3.63, 3.8) is 0 Å². The Labute approximate surface area is 135 Å². The molecule has 1 aromatic heterocycles. The number of benzene rings is 1. The molecule has 0 fully saturated rings. The summed E-state index contributed by atoms with van der Waals surface area (Å²) in [6.45, 7) is 0. The highest BCUT2D eigenvalue weighted by Crippen LogP contribution is 2.23. The average Bonchev–Trinajstić information content (AvgIpc) is 2.50. The van der Waals surface area contributed by atoms with E-state index < -0.39 is 17.2 Å². The molecule has 1 heterocycles. The third-order valence-electron chi connectivity index (χ3n) is 3.19. The zero-order valence-electron chi connectivity index (χ0n) is 12.2. The zero-order valence-corrected chi connectivity index (χ0v) is 13.8. The van der Waals surface area contributed by atoms with Gasteiger partial charge in [-0.25, -0.2) is 4.79 Å². The predicted octanol–water partition coefficient (Wildman–Crippen LogP) is 1.71. The Morgan fingerprint density at radius 3 is 2.50 bits per heavy atom. The number of nitrogens with one attached hydrogen (secondary N) is 1. The molecule has 1 aromatic carbocycles. The van der Waals surface area contributed by atoms with Gasteiger partial charge in [0, 0.05) is 25.1 Å². The Morgan fingerprint density at radius 2 is 1.86 bits per heavy atom. The molecule has 0 radical (unpaired) electrons. The van der Waals surface area contributed by atoms with Gasteiger partial charge in [0.25, 0.3) is 11.5 Å². The van der Waals surface area contributed by atoms with E-state index in [-0.39, 0.29) is 11.4 Å². The van der Waals surface area contributed by atoms with Crippen LogP contribution in [0.1, 0.15) is 10.4 Å². The summed E-state index contributed by atoms with van der Waals surface area (Å²) in [5.74, 6) is -0.368. The standard InChI is InChI=1S/C14H14ClN3O3S/c1-17-11(7-12(19)18(2)14(17)21)16-13(20)9-6-8(22-3)4-5-10(9)15/h4-7H,1-3H3,(H,16,20). The van der Waals surface area contributed by atoms with Gasteiger partial charge in [-0.05, 0) is 24.5 Å². The van der Waals surface area contributed by atoms with E-state index in [0.29, 0.717) is 5.02 Å². The molecule has 116 valence electrons. The topological polar surface area (TPSA) is 73.1 Å². The number of nitrogens with zero attached hydrogens (tertiary/aromatic N) is 2. The first-order valence-corrected chi connectivity index (χ1v) is 7.87. The van der Waals surface area contributed by atoms with Crippen LogP contribution in [-0.2, 0) is 14.1 Å². The summed E-state index contributed by atoms with van der Waals surface area (Å²) in [5, 5.41) is 2.84. The molecule has 0 saturated carbocycles. The molecule has 0 atom stereocenters. The van der Waals surface area contributed by atoms with Crippen LogP contribution in [0.5, 0.6) is 0 Å². The third-order valence-corrected chi connectivity index (χ3v) is 4.24. The van der Waals surface area contributed by atoms with Crippen LogP contribution >= 0.6 is 23.4 Å². The van der Waals surface area contributed by atoms with Crippen LogP contribution in [0.25, 0.3) is 0 Å². The average molecular weight is 340 g/mol. The second-order valence-corrected chi connectivity index (χ2v) is 5.86. The van der Waals surface area contributed by atoms with E-state index in [1.165, 1.54) is 36.5 Å². The van der Waals surface area contributed by atoms with Crippen molar-refractivity contribution >= 4 is 35.1 Å². The fourth-order valence-electron chi connectivity index (χ4n) is 1.84. The van der Waals surface area contributed by atoms with E-state index in [2.05, 4.69) is 5.32 Å². The van der Waals surface area contributed by atoms with Crippen LogP contribution in [0.15, 0.2) is 38.8 Å². The lowest BCUT2D eigenvalue weighted by Crippen LogP contribution is -2.38. The van der Waals surface area contributed by atoms with Gasteiger partial charge in [0.15, 0.2) is 0 Å². The first kappa shape index (κ1) is 16.4. The van der Waals surface area contributed by atoms with Gasteiger partial charge in [-0.3, -0.25) is 18.7 Å². The lowest BCUT2D eigenvalue weighted by Gasteiger charge is -2.12. The van der Waals surface area contributed by atoms with Gasteiger partial charge in [0.2, 0.25) is 0 Å². The van der Waals surface area contributed by atoms with E-state index in [1.807, 2.05) is 6.26 Å². The van der Waals surface area contributed by atoms with Crippen LogP contribution < -0.4 is 16.6 Å². The van der Waals surface area contributed by atoms with Gasteiger partial charge in [-0.1, -0.05) is 11.6 Å². The Hall–Kier alpha value is -1.99. The lowest BCUT2D eigenvalue weighted by atomic mass is 10.2. The quantitative estimate of drug-likeness (QED) is 0.864. The van der Waals surface area contributed by atoms with Crippen molar-refractivity contribution in [2.45, 2.75) is 4.90 Å². The number of rotatable bonds is 3. The van der Waals surface area contributed by atoms with E-state index >= 15 is 0 Å². The van der Waals surface area contributed by atoms with E-state index in [4.69, 9.17) is 11.6 Å². The van der Waals surface area contributed by atoms with Gasteiger partial charge < -0.3 is 5.32 Å². The molecule has 0 aliphatic carbocycles. The molecular weight excluding hydrogens is 326 g/mol. The normalized spacial score (nSPS) is 10.5. The predicted molar refractivity (Wildman–Crippen MR) is 88.1 cm³/mol. The molecule has 0 spiro atoms. The number of aromatic nitrogens is 2. The minimum atomic E-state index is -0.522. The molecule has 8 heteroatoms. The summed E-state index contributed by atoms with van der Waals surface area (Å²) in [6.07, 6.45) is 1.88. The number of thioether (sulfide) groups is 1. The molecule has 0 saturated heterocycles. The third kappa shape index (κ3) is 3.10. The van der Waals surface area contributed by atoms with Crippen molar-refractivity contribution < 1.29 is 4.79 Å². The van der Waals surface area contributed by atoms with Crippen molar-refractivity contribution in [2.24, 2.45) is 14.1 Å². The number of hydrogen-bond donors (Lipinski definition) is 1. The molecule has 2 aromatic rings. The molecular formula is C14H14ClN3O3S. The molecule has 0 aliphatic rings. The minimum Gasteiger partial charge on any atom is -0.308 e. The smallest absolute Gasteiger partial charge is 0.308 e. The van der Waals surface area contributed by atoms with Gasteiger partial charge in [-0.15, -0.1) is 11.8 Å². The Morgan fingerprint density at radius 1 is 1.18 bits per heavy atom. The van der Waals surface area contributed by atoms with Crippen molar-refractivity contribution in [3.8, 4) is 0 Å².